The Morgan fingerprint density at radius 1 is 1.16 bits per heavy atom. The largest absolute Gasteiger partial charge is 0.466 e. The van der Waals surface area contributed by atoms with Gasteiger partial charge in [0.1, 0.15) is 5.75 Å². The summed E-state index contributed by atoms with van der Waals surface area (Å²) in [7, 11) is 1.58. The molecule has 0 fully saturated rings. The van der Waals surface area contributed by atoms with Crippen molar-refractivity contribution in [2.24, 2.45) is 0 Å². The van der Waals surface area contributed by atoms with E-state index in [-0.39, 0.29) is 13.4 Å². The van der Waals surface area contributed by atoms with Gasteiger partial charge in [0.05, 0.1) is 12.2 Å². The molecule has 0 amide bonds. The Labute approximate surface area is 112 Å². The first kappa shape index (κ1) is 13.4. The molecule has 0 spiro atoms. The Kier molecular flexibility index (Phi) is 4.79. The van der Waals surface area contributed by atoms with Crippen molar-refractivity contribution in [3.8, 4) is 17.6 Å². The summed E-state index contributed by atoms with van der Waals surface area (Å²) in [6.45, 7) is 0.249. The van der Waals surface area contributed by atoms with Gasteiger partial charge in [0.15, 0.2) is 6.79 Å². The Hall–Kier alpha value is -2.02. The Bertz CT molecular complexity index is 608. The first-order valence-corrected chi connectivity index (χ1v) is 6.10. The topological polar surface area (TPSA) is 38.7 Å². The van der Waals surface area contributed by atoms with E-state index in [1.54, 1.807) is 7.11 Å². The highest BCUT2D eigenvalue weighted by Gasteiger charge is 2.06. The highest BCUT2D eigenvalue weighted by Crippen LogP contribution is 2.27. The number of hydrogen-bond acceptors (Lipinski definition) is 3. The zero-order chi connectivity index (χ0) is 13.5. The van der Waals surface area contributed by atoms with Gasteiger partial charge in [-0.1, -0.05) is 42.2 Å². The second kappa shape index (κ2) is 6.79. The molecule has 0 aliphatic heterocycles. The molecule has 3 nitrogen and oxygen atoms in total. The first-order valence-electron chi connectivity index (χ1n) is 6.10. The van der Waals surface area contributed by atoms with Crippen molar-refractivity contribution in [1.29, 1.82) is 0 Å². The second-order valence-corrected chi connectivity index (χ2v) is 3.99. The van der Waals surface area contributed by atoms with E-state index < -0.39 is 0 Å². The number of benzene rings is 2. The summed E-state index contributed by atoms with van der Waals surface area (Å²) in [4.78, 5) is 0. The smallest absolute Gasteiger partial charge is 0.188 e. The van der Waals surface area contributed by atoms with E-state index in [4.69, 9.17) is 14.6 Å². The summed E-state index contributed by atoms with van der Waals surface area (Å²) in [6, 6.07) is 11.9. The highest BCUT2D eigenvalue weighted by atomic mass is 16.7. The molecule has 0 radical (unpaired) electrons. The van der Waals surface area contributed by atoms with E-state index in [9.17, 15) is 0 Å². The van der Waals surface area contributed by atoms with Crippen LogP contribution in [0.5, 0.6) is 5.75 Å². The molecule has 0 atom stereocenters. The fourth-order valence-electron chi connectivity index (χ4n) is 1.83. The molecule has 2 aromatic carbocycles. The number of aliphatic hydroxyl groups excluding tert-OH is 1. The maximum atomic E-state index is 8.81. The molecular weight excluding hydrogens is 240 g/mol. The molecule has 19 heavy (non-hydrogen) atoms. The molecule has 0 aromatic heterocycles. The number of rotatable bonds is 4. The van der Waals surface area contributed by atoms with Gasteiger partial charge in [-0.2, -0.15) is 0 Å². The van der Waals surface area contributed by atoms with Gasteiger partial charge < -0.3 is 14.6 Å². The molecule has 0 unspecified atom stereocenters. The maximum absolute atomic E-state index is 8.81. The zero-order valence-electron chi connectivity index (χ0n) is 10.8. The third kappa shape index (κ3) is 3.25. The van der Waals surface area contributed by atoms with Crippen LogP contribution in [-0.4, -0.2) is 25.6 Å². The lowest BCUT2D eigenvalue weighted by Crippen LogP contribution is -2.00. The molecule has 3 heteroatoms. The monoisotopic (exact) mass is 256 g/mol. The molecule has 2 rings (SSSR count). The summed E-state index contributed by atoms with van der Waals surface area (Å²) < 4.78 is 10.5. The van der Waals surface area contributed by atoms with E-state index in [1.165, 1.54) is 0 Å². The minimum atomic E-state index is 0.0615. The van der Waals surface area contributed by atoms with E-state index in [2.05, 4.69) is 11.8 Å². The quantitative estimate of drug-likeness (QED) is 0.675. The predicted octanol–water partition coefficient (Wildman–Crippen LogP) is 2.56. The third-order valence-corrected chi connectivity index (χ3v) is 2.67. The van der Waals surface area contributed by atoms with Crippen LogP contribution in [0.15, 0.2) is 36.4 Å². The van der Waals surface area contributed by atoms with Crippen molar-refractivity contribution in [3.05, 3.63) is 42.0 Å². The number of ether oxygens (including phenoxy) is 2. The summed E-state index contributed by atoms with van der Waals surface area (Å²) in [5.74, 6) is 6.72. The van der Waals surface area contributed by atoms with Crippen molar-refractivity contribution in [1.82, 2.24) is 0 Å². The van der Waals surface area contributed by atoms with Crippen LogP contribution in [0.3, 0.4) is 0 Å². The first-order chi connectivity index (χ1) is 9.36. The number of hydrogen-bond donors (Lipinski definition) is 1. The lowest BCUT2D eigenvalue weighted by Gasteiger charge is -2.09. The Morgan fingerprint density at radius 3 is 2.79 bits per heavy atom. The van der Waals surface area contributed by atoms with Gasteiger partial charge in [-0.15, -0.1) is 0 Å². The van der Waals surface area contributed by atoms with Gasteiger partial charge in [-0.25, -0.2) is 0 Å². The zero-order valence-corrected chi connectivity index (χ0v) is 10.8. The van der Waals surface area contributed by atoms with Crippen molar-refractivity contribution < 1.29 is 14.6 Å². The highest BCUT2D eigenvalue weighted by molar-refractivity contribution is 5.90. The fraction of sp³-hybridized carbons (Fsp3) is 0.250. The molecule has 98 valence electrons. The van der Waals surface area contributed by atoms with Crippen LogP contribution in [0.25, 0.3) is 10.8 Å². The number of methoxy groups -OCH3 is 1. The fourth-order valence-corrected chi connectivity index (χ4v) is 1.83. The summed E-state index contributed by atoms with van der Waals surface area (Å²) in [5, 5.41) is 11.0. The van der Waals surface area contributed by atoms with E-state index in [0.717, 1.165) is 16.3 Å². The van der Waals surface area contributed by atoms with Crippen LogP contribution in [0.2, 0.25) is 0 Å². The van der Waals surface area contributed by atoms with Crippen molar-refractivity contribution in [3.63, 3.8) is 0 Å². The molecule has 2 aromatic rings. The van der Waals surface area contributed by atoms with E-state index in [0.29, 0.717) is 12.2 Å². The number of aliphatic hydroxyl groups is 1. The maximum Gasteiger partial charge on any atom is 0.188 e. The molecule has 0 aliphatic carbocycles. The summed E-state index contributed by atoms with van der Waals surface area (Å²) in [6.07, 6.45) is 0.451. The van der Waals surface area contributed by atoms with E-state index >= 15 is 0 Å². The Balaban J connectivity index is 2.49. The molecule has 0 saturated heterocycles. The van der Waals surface area contributed by atoms with Gasteiger partial charge in [0.2, 0.25) is 0 Å². The number of fused-ring (bicyclic) bond motifs is 1. The van der Waals surface area contributed by atoms with Crippen LogP contribution in [0.4, 0.5) is 0 Å². The van der Waals surface area contributed by atoms with E-state index in [1.807, 2.05) is 36.4 Å². The summed E-state index contributed by atoms with van der Waals surface area (Å²) >= 11 is 0. The SMILES string of the molecule is COCOc1ccc2ccccc2c1C#CCCO. The van der Waals surface area contributed by atoms with Gasteiger partial charge in [-0.05, 0) is 11.5 Å². The van der Waals surface area contributed by atoms with Gasteiger partial charge in [0, 0.05) is 18.9 Å². The Morgan fingerprint density at radius 2 is 2.00 bits per heavy atom. The van der Waals surface area contributed by atoms with Crippen LogP contribution in [-0.2, 0) is 4.74 Å². The molecule has 0 heterocycles. The minimum absolute atomic E-state index is 0.0615. The van der Waals surface area contributed by atoms with Crippen molar-refractivity contribution >= 4 is 10.8 Å². The van der Waals surface area contributed by atoms with Gasteiger partial charge in [-0.3, -0.25) is 0 Å². The lowest BCUT2D eigenvalue weighted by atomic mass is 10.0. The van der Waals surface area contributed by atoms with Crippen LogP contribution in [0.1, 0.15) is 12.0 Å². The van der Waals surface area contributed by atoms with Crippen LogP contribution < -0.4 is 4.74 Å². The molecule has 0 bridgehead atoms. The van der Waals surface area contributed by atoms with Gasteiger partial charge >= 0.3 is 0 Å². The molecule has 0 saturated carbocycles. The van der Waals surface area contributed by atoms with Crippen LogP contribution in [0, 0.1) is 11.8 Å². The average molecular weight is 256 g/mol. The molecule has 1 N–H and O–H groups in total. The lowest BCUT2D eigenvalue weighted by molar-refractivity contribution is 0.0510. The normalized spacial score (nSPS) is 10.0. The standard InChI is InChI=1S/C16H16O3/c1-18-12-19-16-10-9-13-6-2-3-7-14(13)15(16)8-4-5-11-17/h2-3,6-7,9-10,17H,5,11-12H2,1H3. The van der Waals surface area contributed by atoms with Crippen molar-refractivity contribution in [2.45, 2.75) is 6.42 Å². The van der Waals surface area contributed by atoms with Gasteiger partial charge in [0.25, 0.3) is 0 Å². The summed E-state index contributed by atoms with van der Waals surface area (Å²) in [5.41, 5.74) is 0.837. The average Bonchev–Trinajstić information content (AvgIpc) is 2.46. The molecule has 0 aliphatic rings. The van der Waals surface area contributed by atoms with Crippen LogP contribution >= 0.6 is 0 Å². The predicted molar refractivity (Wildman–Crippen MR) is 75.0 cm³/mol. The van der Waals surface area contributed by atoms with Crippen molar-refractivity contribution in [2.75, 3.05) is 20.5 Å². The molecular formula is C16H16O3. The third-order valence-electron chi connectivity index (χ3n) is 2.67. The second-order valence-electron chi connectivity index (χ2n) is 3.99. The minimum Gasteiger partial charge on any atom is -0.466 e.